The smallest absolute Gasteiger partial charge is 0.325 e. The number of piperazine rings is 1. The molecule has 1 saturated heterocycles. The fraction of sp³-hybridized carbons (Fsp3) is 0.292. The molecule has 3 N–H and O–H groups in total. The number of nitrogens with zero attached hydrogens (tertiary/aromatic N) is 5. The summed E-state index contributed by atoms with van der Waals surface area (Å²) in [5.41, 5.74) is 2.74. The van der Waals surface area contributed by atoms with Crippen molar-refractivity contribution in [2.45, 2.75) is 13.8 Å². The maximum atomic E-state index is 11.9. The summed E-state index contributed by atoms with van der Waals surface area (Å²) in [7, 11) is -3.25. The molecule has 11 nitrogen and oxygen atoms in total. The van der Waals surface area contributed by atoms with E-state index < -0.39 is 10.0 Å². The third kappa shape index (κ3) is 5.55. The molecule has 4 aromatic rings. The van der Waals surface area contributed by atoms with Crippen molar-refractivity contribution < 1.29 is 13.2 Å². The van der Waals surface area contributed by atoms with Crippen LogP contribution in [0.4, 0.5) is 17.5 Å². The van der Waals surface area contributed by atoms with E-state index in [1.54, 1.807) is 12.1 Å². The Morgan fingerprint density at radius 3 is 2.62 bits per heavy atom. The van der Waals surface area contributed by atoms with Gasteiger partial charge in [0, 0.05) is 54.9 Å². The van der Waals surface area contributed by atoms with Crippen molar-refractivity contribution in [2.75, 3.05) is 42.7 Å². The highest BCUT2D eigenvalue weighted by molar-refractivity contribution is 7.88. The van der Waals surface area contributed by atoms with Crippen LogP contribution in [0.5, 0.6) is 11.8 Å². The van der Waals surface area contributed by atoms with Crippen LogP contribution in [-0.4, -0.2) is 70.3 Å². The highest BCUT2D eigenvalue weighted by Gasteiger charge is 2.25. The second-order valence-corrected chi connectivity index (χ2v) is 11.1. The summed E-state index contributed by atoms with van der Waals surface area (Å²) in [5, 5.41) is 11.7. The Kier molecular flexibility index (Phi) is 6.80. The molecule has 0 aliphatic carbocycles. The zero-order valence-corrected chi connectivity index (χ0v) is 22.2. The fourth-order valence-electron chi connectivity index (χ4n) is 4.20. The zero-order chi connectivity index (χ0) is 26.2. The Hall–Kier alpha value is -3.61. The zero-order valence-electron chi connectivity index (χ0n) is 20.6. The molecule has 0 amide bonds. The van der Waals surface area contributed by atoms with E-state index in [9.17, 15) is 8.42 Å². The molecule has 0 radical (unpaired) electrons. The number of aryl methyl sites for hydroxylation is 1. The number of ether oxygens (including phenoxy) is 1. The molecule has 0 unspecified atom stereocenters. The van der Waals surface area contributed by atoms with Crippen LogP contribution in [0.3, 0.4) is 0 Å². The number of aromatic nitrogens is 5. The summed E-state index contributed by atoms with van der Waals surface area (Å²) >= 11 is 6.64. The average molecular weight is 543 g/mol. The lowest BCUT2D eigenvalue weighted by molar-refractivity contribution is 0.385. The molecule has 0 bridgehead atoms. The minimum atomic E-state index is -3.25. The minimum Gasteiger partial charge on any atom is -0.423 e. The SMILES string of the molecule is C/C=C/c1cc(Nc2cc(N3CCN(S(C)(=O)=O)CC3)nc(Oc3ccc4[nH]c(C)cc4c3Cl)n2)n[nH]1. The van der Waals surface area contributed by atoms with Gasteiger partial charge in [0.15, 0.2) is 5.82 Å². The second kappa shape index (κ2) is 10.0. The van der Waals surface area contributed by atoms with Crippen LogP contribution in [0.2, 0.25) is 5.02 Å². The van der Waals surface area contributed by atoms with Gasteiger partial charge in [-0.1, -0.05) is 17.7 Å². The maximum absolute atomic E-state index is 11.9. The molecule has 13 heteroatoms. The molecule has 3 aromatic heterocycles. The van der Waals surface area contributed by atoms with E-state index in [4.69, 9.17) is 16.3 Å². The number of allylic oxidation sites excluding steroid dienone is 1. The van der Waals surface area contributed by atoms with Gasteiger partial charge in [0.1, 0.15) is 17.4 Å². The maximum Gasteiger partial charge on any atom is 0.325 e. The number of sulfonamides is 1. The van der Waals surface area contributed by atoms with E-state index in [0.717, 1.165) is 22.3 Å². The summed E-state index contributed by atoms with van der Waals surface area (Å²) in [6.45, 7) is 5.57. The molecule has 0 atom stereocenters. The van der Waals surface area contributed by atoms with Crippen LogP contribution in [0.15, 0.2) is 36.4 Å². The number of anilines is 3. The Morgan fingerprint density at radius 2 is 1.89 bits per heavy atom. The van der Waals surface area contributed by atoms with E-state index in [1.807, 2.05) is 49.1 Å². The molecule has 1 aliphatic rings. The second-order valence-electron chi connectivity index (χ2n) is 8.77. The summed E-state index contributed by atoms with van der Waals surface area (Å²) in [5.74, 6) is 2.07. The summed E-state index contributed by atoms with van der Waals surface area (Å²) in [4.78, 5) is 14.4. The lowest BCUT2D eigenvalue weighted by atomic mass is 10.2. The van der Waals surface area contributed by atoms with Gasteiger partial charge in [-0.3, -0.25) is 5.10 Å². The highest BCUT2D eigenvalue weighted by Crippen LogP contribution is 2.36. The van der Waals surface area contributed by atoms with E-state index in [1.165, 1.54) is 10.6 Å². The molecule has 0 spiro atoms. The van der Waals surface area contributed by atoms with Crippen LogP contribution in [0.25, 0.3) is 17.0 Å². The molecule has 4 heterocycles. The van der Waals surface area contributed by atoms with Gasteiger partial charge in [-0.05, 0) is 38.1 Å². The summed E-state index contributed by atoms with van der Waals surface area (Å²) in [6, 6.07) is 9.35. The largest absolute Gasteiger partial charge is 0.423 e. The number of rotatable bonds is 7. The molecule has 5 rings (SSSR count). The van der Waals surface area contributed by atoms with Gasteiger partial charge in [0.25, 0.3) is 0 Å². The van der Waals surface area contributed by atoms with Crippen LogP contribution >= 0.6 is 11.6 Å². The topological polar surface area (TPSA) is 132 Å². The van der Waals surface area contributed by atoms with Gasteiger partial charge >= 0.3 is 6.01 Å². The molecule has 1 fully saturated rings. The molecule has 37 heavy (non-hydrogen) atoms. The van der Waals surface area contributed by atoms with Crippen LogP contribution in [-0.2, 0) is 10.0 Å². The van der Waals surface area contributed by atoms with E-state index in [-0.39, 0.29) is 6.01 Å². The van der Waals surface area contributed by atoms with Gasteiger partial charge < -0.3 is 19.9 Å². The predicted octanol–water partition coefficient (Wildman–Crippen LogP) is 4.29. The van der Waals surface area contributed by atoms with Crippen molar-refractivity contribution in [3.05, 3.63) is 52.8 Å². The Morgan fingerprint density at radius 1 is 1.11 bits per heavy atom. The molecule has 1 aliphatic heterocycles. The lowest BCUT2D eigenvalue weighted by Gasteiger charge is -2.34. The summed E-state index contributed by atoms with van der Waals surface area (Å²) < 4.78 is 31.4. The van der Waals surface area contributed by atoms with Gasteiger partial charge in [0.2, 0.25) is 10.0 Å². The Balaban J connectivity index is 1.46. The van der Waals surface area contributed by atoms with E-state index >= 15 is 0 Å². The van der Waals surface area contributed by atoms with Crippen molar-refractivity contribution in [1.29, 1.82) is 0 Å². The molecule has 1 aromatic carbocycles. The molecule has 0 saturated carbocycles. The fourth-order valence-corrected chi connectivity index (χ4v) is 5.28. The number of halogens is 1. The first-order chi connectivity index (χ1) is 17.7. The van der Waals surface area contributed by atoms with Gasteiger partial charge in [-0.2, -0.15) is 19.4 Å². The molecule has 194 valence electrons. The van der Waals surface area contributed by atoms with Crippen molar-refractivity contribution in [3.8, 4) is 11.8 Å². The predicted molar refractivity (Wildman–Crippen MR) is 145 cm³/mol. The number of aromatic amines is 2. The number of hydrogen-bond acceptors (Lipinski definition) is 8. The standard InChI is InChI=1S/C24H27ClN8O3S/c1-4-5-16-13-21(31-30-16)27-20-14-22(32-8-10-33(11-9-32)37(3,34)35)29-24(28-20)36-19-7-6-18-17(23(19)25)12-15(2)26-18/h4-7,12-14,26H,8-11H2,1-3H3,(H2,27,28,29,30,31)/b5-4+. The monoisotopic (exact) mass is 542 g/mol. The first kappa shape index (κ1) is 25.1. The Bertz CT molecular complexity index is 1570. The minimum absolute atomic E-state index is 0.100. The van der Waals surface area contributed by atoms with Crippen molar-refractivity contribution in [3.63, 3.8) is 0 Å². The highest BCUT2D eigenvalue weighted by atomic mass is 35.5. The van der Waals surface area contributed by atoms with Gasteiger partial charge in [-0.15, -0.1) is 0 Å². The number of H-pyrrole nitrogens is 2. The molecular weight excluding hydrogens is 516 g/mol. The van der Waals surface area contributed by atoms with Crippen molar-refractivity contribution in [1.82, 2.24) is 29.5 Å². The third-order valence-corrected chi connectivity index (χ3v) is 7.66. The van der Waals surface area contributed by atoms with Crippen molar-refractivity contribution >= 4 is 56.1 Å². The van der Waals surface area contributed by atoms with Crippen LogP contribution in [0.1, 0.15) is 18.3 Å². The summed E-state index contributed by atoms with van der Waals surface area (Å²) in [6.07, 6.45) is 5.04. The van der Waals surface area contributed by atoms with Crippen molar-refractivity contribution in [2.24, 2.45) is 0 Å². The first-order valence-electron chi connectivity index (χ1n) is 11.7. The van der Waals surface area contributed by atoms with Crippen LogP contribution in [0, 0.1) is 6.92 Å². The van der Waals surface area contributed by atoms with Gasteiger partial charge in [-0.25, -0.2) is 8.42 Å². The third-order valence-electron chi connectivity index (χ3n) is 5.96. The lowest BCUT2D eigenvalue weighted by Crippen LogP contribution is -2.48. The number of hydrogen-bond donors (Lipinski definition) is 3. The number of nitrogens with one attached hydrogen (secondary N) is 3. The van der Waals surface area contributed by atoms with Crippen LogP contribution < -0.4 is 15.0 Å². The average Bonchev–Trinajstić information content (AvgIpc) is 3.46. The normalized spacial score (nSPS) is 15.1. The quantitative estimate of drug-likeness (QED) is 0.315. The van der Waals surface area contributed by atoms with E-state index in [2.05, 4.69) is 30.5 Å². The Labute approximate surface area is 219 Å². The molecular formula is C24H27ClN8O3S. The number of benzene rings is 1. The number of fused-ring (bicyclic) bond motifs is 1. The van der Waals surface area contributed by atoms with E-state index in [0.29, 0.717) is 54.4 Å². The first-order valence-corrected chi connectivity index (χ1v) is 13.9. The van der Waals surface area contributed by atoms with Gasteiger partial charge in [0.05, 0.1) is 17.0 Å².